The number of benzene rings is 1. The van der Waals surface area contributed by atoms with Crippen molar-refractivity contribution >= 4 is 16.8 Å². The summed E-state index contributed by atoms with van der Waals surface area (Å²) < 4.78 is 1.94. The Bertz CT molecular complexity index is 880. The van der Waals surface area contributed by atoms with Gasteiger partial charge in [-0.25, -0.2) is 0 Å². The van der Waals surface area contributed by atoms with Crippen molar-refractivity contribution in [1.82, 2.24) is 4.57 Å². The lowest BCUT2D eigenvalue weighted by Gasteiger charge is -2.54. The smallest absolute Gasteiger partial charge is 0.231 e. The summed E-state index contributed by atoms with van der Waals surface area (Å²) in [6.45, 7) is 2.22. The molecule has 4 nitrogen and oxygen atoms in total. The van der Waals surface area contributed by atoms with Crippen molar-refractivity contribution in [2.45, 2.75) is 63.8 Å². The van der Waals surface area contributed by atoms with E-state index in [1.54, 1.807) is 6.07 Å². The van der Waals surface area contributed by atoms with Gasteiger partial charge < -0.3 is 10.8 Å². The molecule has 132 valence electrons. The van der Waals surface area contributed by atoms with E-state index in [1.807, 2.05) is 16.7 Å². The monoisotopic (exact) mass is 338 g/mol. The summed E-state index contributed by atoms with van der Waals surface area (Å²) >= 11 is 0. The van der Waals surface area contributed by atoms with Gasteiger partial charge in [0.2, 0.25) is 5.91 Å². The predicted molar refractivity (Wildman–Crippen MR) is 97.9 cm³/mol. The molecule has 1 aliphatic heterocycles. The molecular weight excluding hydrogens is 312 g/mol. The van der Waals surface area contributed by atoms with Crippen LogP contribution in [0.25, 0.3) is 10.9 Å². The Balaban J connectivity index is 1.87. The molecule has 1 aromatic heterocycles. The van der Waals surface area contributed by atoms with Crippen LogP contribution in [0.5, 0.6) is 5.75 Å². The molecule has 1 fully saturated rings. The summed E-state index contributed by atoms with van der Waals surface area (Å²) in [7, 11) is 0. The van der Waals surface area contributed by atoms with Gasteiger partial charge >= 0.3 is 0 Å². The van der Waals surface area contributed by atoms with Crippen molar-refractivity contribution in [3.05, 3.63) is 29.5 Å². The highest BCUT2D eigenvalue weighted by atomic mass is 16.3. The Kier molecular flexibility index (Phi) is 3.15. The maximum absolute atomic E-state index is 13.2. The number of carbonyl (C=O) groups excluding carboxylic acids is 1. The van der Waals surface area contributed by atoms with Gasteiger partial charge in [-0.15, -0.1) is 0 Å². The van der Waals surface area contributed by atoms with Crippen LogP contribution in [-0.4, -0.2) is 21.6 Å². The largest absolute Gasteiger partial charge is 0.507 e. The van der Waals surface area contributed by atoms with Crippen molar-refractivity contribution < 1.29 is 9.90 Å². The molecule has 1 saturated carbocycles. The fourth-order valence-corrected chi connectivity index (χ4v) is 6.47. The van der Waals surface area contributed by atoms with Crippen LogP contribution in [0, 0.1) is 11.3 Å². The topological polar surface area (TPSA) is 68.2 Å². The standard InChI is InChI=1S/C21H26N2O2/c1-2-8-21-9-4-5-12-14(22)10-13-18-15(6-3-7-16(18)24)23(17(25)11-21)20(13)19(12)21/h3,6-7,12,14,19,24H,2,4-5,8-11,22H2,1H3/t12-,14+,19-,21+/m0/s1. The first kappa shape index (κ1) is 15.4. The van der Waals surface area contributed by atoms with Crippen LogP contribution >= 0.6 is 0 Å². The number of rotatable bonds is 2. The third-order valence-electron chi connectivity index (χ3n) is 7.20. The first-order valence-electron chi connectivity index (χ1n) is 9.71. The van der Waals surface area contributed by atoms with Gasteiger partial charge in [0.25, 0.3) is 0 Å². The molecule has 2 heterocycles. The van der Waals surface area contributed by atoms with E-state index in [-0.39, 0.29) is 23.1 Å². The minimum atomic E-state index is 0.0710. The number of hydrogen-bond donors (Lipinski definition) is 2. The fraction of sp³-hybridized carbons (Fsp3) is 0.571. The Morgan fingerprint density at radius 3 is 3.04 bits per heavy atom. The molecule has 0 amide bonds. The average Bonchev–Trinajstić information content (AvgIpc) is 2.91. The van der Waals surface area contributed by atoms with E-state index in [1.165, 1.54) is 18.5 Å². The molecule has 0 radical (unpaired) electrons. The van der Waals surface area contributed by atoms with Crippen LogP contribution in [0.15, 0.2) is 18.2 Å². The third-order valence-corrected chi connectivity index (χ3v) is 7.20. The van der Waals surface area contributed by atoms with Crippen LogP contribution in [0.4, 0.5) is 0 Å². The maximum Gasteiger partial charge on any atom is 0.231 e. The Labute approximate surface area is 148 Å². The highest BCUT2D eigenvalue weighted by Crippen LogP contribution is 2.61. The molecule has 2 aromatic rings. The summed E-state index contributed by atoms with van der Waals surface area (Å²) in [6.07, 6.45) is 7.08. The zero-order valence-electron chi connectivity index (χ0n) is 14.8. The fourth-order valence-electron chi connectivity index (χ4n) is 6.47. The summed E-state index contributed by atoms with van der Waals surface area (Å²) in [4.78, 5) is 13.2. The summed E-state index contributed by atoms with van der Waals surface area (Å²) in [5.74, 6) is 1.32. The number of hydrogen-bond acceptors (Lipinski definition) is 3. The van der Waals surface area contributed by atoms with E-state index in [4.69, 9.17) is 5.73 Å². The number of carbonyl (C=O) groups is 1. The van der Waals surface area contributed by atoms with Gasteiger partial charge in [0.15, 0.2) is 0 Å². The van der Waals surface area contributed by atoms with Crippen molar-refractivity contribution in [1.29, 1.82) is 0 Å². The summed E-state index contributed by atoms with van der Waals surface area (Å²) in [6, 6.07) is 5.67. The van der Waals surface area contributed by atoms with Gasteiger partial charge in [0, 0.05) is 29.5 Å². The Morgan fingerprint density at radius 2 is 2.24 bits per heavy atom. The number of nitrogens with two attached hydrogens (primary N) is 1. The number of fused-ring (bicyclic) bond motifs is 3. The van der Waals surface area contributed by atoms with Gasteiger partial charge in [0.05, 0.1) is 5.52 Å². The Hall–Kier alpha value is -1.81. The molecule has 0 bridgehead atoms. The zero-order valence-corrected chi connectivity index (χ0v) is 14.8. The highest BCUT2D eigenvalue weighted by molar-refractivity contribution is 6.00. The summed E-state index contributed by atoms with van der Waals surface area (Å²) in [5.41, 5.74) is 9.92. The van der Waals surface area contributed by atoms with E-state index < -0.39 is 0 Å². The van der Waals surface area contributed by atoms with Gasteiger partial charge in [0.1, 0.15) is 5.75 Å². The SMILES string of the molecule is CCC[C@@]12CCC[C@H]3[C@H](N)Cc4c(n(c5cccc(O)c45)C(=O)C1)[C@H]32. The lowest BCUT2D eigenvalue weighted by molar-refractivity contribution is 0.0296. The Morgan fingerprint density at radius 1 is 1.40 bits per heavy atom. The minimum Gasteiger partial charge on any atom is -0.507 e. The number of nitrogens with zero attached hydrogens (tertiary/aromatic N) is 1. The van der Waals surface area contributed by atoms with Crippen LogP contribution in [0.3, 0.4) is 0 Å². The van der Waals surface area contributed by atoms with Gasteiger partial charge in [-0.05, 0) is 54.7 Å². The lowest BCUT2D eigenvalue weighted by Crippen LogP contribution is -2.53. The molecule has 25 heavy (non-hydrogen) atoms. The zero-order chi connectivity index (χ0) is 17.3. The molecule has 5 rings (SSSR count). The van der Waals surface area contributed by atoms with Crippen molar-refractivity contribution in [2.75, 3.05) is 0 Å². The van der Waals surface area contributed by atoms with Crippen LogP contribution in [-0.2, 0) is 6.42 Å². The number of aromatic nitrogens is 1. The maximum atomic E-state index is 13.2. The molecule has 4 atom stereocenters. The first-order valence-corrected chi connectivity index (χ1v) is 9.71. The number of phenolic OH excluding ortho intramolecular Hbond substituents is 1. The molecule has 3 aliphatic rings. The molecule has 1 aromatic carbocycles. The lowest BCUT2D eigenvalue weighted by atomic mass is 9.52. The third kappa shape index (κ3) is 1.84. The number of phenols is 1. The molecule has 0 saturated heterocycles. The molecule has 0 spiro atoms. The quantitative estimate of drug-likeness (QED) is 0.871. The van der Waals surface area contributed by atoms with E-state index in [9.17, 15) is 9.90 Å². The van der Waals surface area contributed by atoms with Crippen molar-refractivity contribution in [3.8, 4) is 5.75 Å². The van der Waals surface area contributed by atoms with Crippen molar-refractivity contribution in [2.24, 2.45) is 17.1 Å². The minimum absolute atomic E-state index is 0.0710. The van der Waals surface area contributed by atoms with Crippen LogP contribution in [0.1, 0.15) is 67.4 Å². The molecule has 3 N–H and O–H groups in total. The predicted octanol–water partition coefficient (Wildman–Crippen LogP) is 3.94. The van der Waals surface area contributed by atoms with E-state index in [0.29, 0.717) is 18.3 Å². The van der Waals surface area contributed by atoms with E-state index in [0.717, 1.165) is 42.1 Å². The molecule has 2 aliphatic carbocycles. The molecule has 0 unspecified atom stereocenters. The van der Waals surface area contributed by atoms with E-state index in [2.05, 4.69) is 6.92 Å². The van der Waals surface area contributed by atoms with Gasteiger partial charge in [-0.3, -0.25) is 9.36 Å². The first-order chi connectivity index (χ1) is 12.1. The van der Waals surface area contributed by atoms with Gasteiger partial charge in [-0.2, -0.15) is 0 Å². The van der Waals surface area contributed by atoms with Gasteiger partial charge in [-0.1, -0.05) is 25.8 Å². The second-order valence-electron chi connectivity index (χ2n) is 8.46. The normalized spacial score (nSPS) is 33.5. The average molecular weight is 338 g/mol. The second kappa shape index (κ2) is 5.10. The highest BCUT2D eigenvalue weighted by Gasteiger charge is 2.55. The van der Waals surface area contributed by atoms with Crippen LogP contribution in [0.2, 0.25) is 0 Å². The van der Waals surface area contributed by atoms with Crippen molar-refractivity contribution in [3.63, 3.8) is 0 Å². The van der Waals surface area contributed by atoms with Crippen LogP contribution < -0.4 is 5.73 Å². The van der Waals surface area contributed by atoms with E-state index >= 15 is 0 Å². The molecule has 4 heteroatoms. The molecular formula is C21H26N2O2. The second-order valence-corrected chi connectivity index (χ2v) is 8.46. The number of aromatic hydroxyl groups is 1. The summed E-state index contributed by atoms with van der Waals surface area (Å²) in [5, 5.41) is 11.4.